The van der Waals surface area contributed by atoms with Gasteiger partial charge in [0.2, 0.25) is 15.9 Å². The van der Waals surface area contributed by atoms with Crippen molar-refractivity contribution >= 4 is 56.0 Å². The molecule has 1 heterocycles. The van der Waals surface area contributed by atoms with Gasteiger partial charge in [0.15, 0.2) is 0 Å². The minimum atomic E-state index is -3.51. The molecule has 144 valence electrons. The van der Waals surface area contributed by atoms with Crippen LogP contribution in [0, 0.1) is 9.49 Å². The van der Waals surface area contributed by atoms with Crippen LogP contribution >= 0.6 is 34.4 Å². The Morgan fingerprint density at radius 3 is 2.22 bits per heavy atom. The van der Waals surface area contributed by atoms with E-state index >= 15 is 0 Å². The van der Waals surface area contributed by atoms with Crippen molar-refractivity contribution in [2.45, 2.75) is 22.6 Å². The van der Waals surface area contributed by atoms with E-state index < -0.39 is 10.0 Å². The Hall–Kier alpha value is -1.10. The van der Waals surface area contributed by atoms with E-state index in [-0.39, 0.29) is 11.8 Å². The smallest absolute Gasteiger partial charge is 0.243 e. The lowest BCUT2D eigenvalue weighted by atomic mass is 9.97. The van der Waals surface area contributed by atoms with E-state index in [1.165, 1.54) is 4.31 Å². The number of piperidine rings is 1. The van der Waals surface area contributed by atoms with Crippen LogP contribution in [0.5, 0.6) is 0 Å². The van der Waals surface area contributed by atoms with Crippen molar-refractivity contribution in [1.29, 1.82) is 0 Å². The van der Waals surface area contributed by atoms with Crippen LogP contribution in [0.1, 0.15) is 12.8 Å². The number of anilines is 1. The molecule has 1 aliphatic rings. The number of halogens is 1. The highest BCUT2D eigenvalue weighted by molar-refractivity contribution is 14.1. The predicted molar refractivity (Wildman–Crippen MR) is 117 cm³/mol. The minimum absolute atomic E-state index is 0.0439. The van der Waals surface area contributed by atoms with Gasteiger partial charge >= 0.3 is 0 Å². The molecular formula is C19H21IN2O3S2. The molecular weight excluding hydrogens is 495 g/mol. The molecule has 2 aromatic carbocycles. The van der Waals surface area contributed by atoms with E-state index in [2.05, 4.69) is 27.9 Å². The third-order valence-electron chi connectivity index (χ3n) is 4.63. The van der Waals surface area contributed by atoms with Gasteiger partial charge in [0, 0.05) is 33.2 Å². The van der Waals surface area contributed by atoms with Gasteiger partial charge in [-0.15, -0.1) is 11.8 Å². The molecule has 1 saturated heterocycles. The highest BCUT2D eigenvalue weighted by atomic mass is 127. The summed E-state index contributed by atoms with van der Waals surface area (Å²) in [6, 6.07) is 14.6. The number of rotatable bonds is 5. The van der Waals surface area contributed by atoms with Crippen LogP contribution in [0.2, 0.25) is 0 Å². The van der Waals surface area contributed by atoms with Crippen LogP contribution in [-0.2, 0) is 14.8 Å². The monoisotopic (exact) mass is 516 g/mol. The molecule has 8 heteroatoms. The molecule has 27 heavy (non-hydrogen) atoms. The van der Waals surface area contributed by atoms with Crippen LogP contribution in [0.15, 0.2) is 58.3 Å². The Morgan fingerprint density at radius 2 is 1.67 bits per heavy atom. The summed E-state index contributed by atoms with van der Waals surface area (Å²) in [6.45, 7) is 0.717. The average molecular weight is 516 g/mol. The van der Waals surface area contributed by atoms with Gasteiger partial charge in [-0.2, -0.15) is 4.31 Å². The largest absolute Gasteiger partial charge is 0.326 e. The van der Waals surface area contributed by atoms with Crippen molar-refractivity contribution in [2.75, 3.05) is 24.7 Å². The topological polar surface area (TPSA) is 66.5 Å². The summed E-state index contributed by atoms with van der Waals surface area (Å²) in [5.74, 6) is -0.216. The molecule has 1 amide bonds. The normalized spacial score (nSPS) is 16.2. The highest BCUT2D eigenvalue weighted by Gasteiger charge is 2.32. The van der Waals surface area contributed by atoms with Gasteiger partial charge < -0.3 is 5.32 Å². The number of carbonyl (C=O) groups excluding carboxylic acids is 1. The number of hydrogen-bond acceptors (Lipinski definition) is 4. The molecule has 2 aromatic rings. The molecule has 3 rings (SSSR count). The van der Waals surface area contributed by atoms with E-state index in [1.807, 2.05) is 42.7 Å². The first kappa shape index (κ1) is 20.6. The standard InChI is InChI=1S/C19H21IN2O3S2/c1-26-17-6-8-18(9-7-17)27(24,25)22-12-10-14(11-13-22)19(23)21-16-4-2-15(20)3-5-16/h2-9,14H,10-13H2,1H3,(H,21,23). The van der Waals surface area contributed by atoms with E-state index in [0.717, 1.165) is 14.2 Å². The van der Waals surface area contributed by atoms with Crippen molar-refractivity contribution in [3.63, 3.8) is 0 Å². The number of benzene rings is 2. The van der Waals surface area contributed by atoms with Gasteiger partial charge in [-0.1, -0.05) is 0 Å². The van der Waals surface area contributed by atoms with E-state index in [4.69, 9.17) is 0 Å². The third-order valence-corrected chi connectivity index (χ3v) is 8.01. The SMILES string of the molecule is CSc1ccc(S(=O)(=O)N2CCC(C(=O)Nc3ccc(I)cc3)CC2)cc1. The Morgan fingerprint density at radius 1 is 1.07 bits per heavy atom. The Bertz CT molecular complexity index is 892. The number of nitrogens with one attached hydrogen (secondary N) is 1. The molecule has 0 bridgehead atoms. The summed E-state index contributed by atoms with van der Waals surface area (Å²) in [5, 5.41) is 2.92. The maximum Gasteiger partial charge on any atom is 0.243 e. The lowest BCUT2D eigenvalue weighted by molar-refractivity contribution is -0.120. The lowest BCUT2D eigenvalue weighted by Crippen LogP contribution is -2.41. The van der Waals surface area contributed by atoms with Gasteiger partial charge in [-0.25, -0.2) is 8.42 Å². The van der Waals surface area contributed by atoms with Gasteiger partial charge in [0.1, 0.15) is 0 Å². The number of hydrogen-bond donors (Lipinski definition) is 1. The van der Waals surface area contributed by atoms with E-state index in [1.54, 1.807) is 23.9 Å². The van der Waals surface area contributed by atoms with Crippen LogP contribution < -0.4 is 5.32 Å². The average Bonchev–Trinajstić information content (AvgIpc) is 2.70. The first-order valence-electron chi connectivity index (χ1n) is 8.61. The maximum absolute atomic E-state index is 12.8. The molecule has 5 nitrogen and oxygen atoms in total. The Kier molecular flexibility index (Phi) is 6.83. The third kappa shape index (κ3) is 5.04. The summed E-state index contributed by atoms with van der Waals surface area (Å²) in [7, 11) is -3.51. The zero-order chi connectivity index (χ0) is 19.4. The Balaban J connectivity index is 1.60. The minimum Gasteiger partial charge on any atom is -0.326 e. The molecule has 0 atom stereocenters. The fourth-order valence-corrected chi connectivity index (χ4v) is 5.27. The van der Waals surface area contributed by atoms with Crippen molar-refractivity contribution in [3.8, 4) is 0 Å². The van der Waals surface area contributed by atoms with Crippen molar-refractivity contribution in [1.82, 2.24) is 4.31 Å². The van der Waals surface area contributed by atoms with Crippen LogP contribution in [-0.4, -0.2) is 38.0 Å². The maximum atomic E-state index is 12.8. The second-order valence-corrected chi connectivity index (χ2v) is 10.4. The van der Waals surface area contributed by atoms with Gasteiger partial charge in [-0.05, 0) is 90.2 Å². The molecule has 1 N–H and O–H groups in total. The van der Waals surface area contributed by atoms with Gasteiger partial charge in [0.05, 0.1) is 4.90 Å². The summed E-state index contributed by atoms with van der Waals surface area (Å²) in [4.78, 5) is 13.8. The molecule has 0 spiro atoms. The summed E-state index contributed by atoms with van der Waals surface area (Å²) >= 11 is 3.79. The highest BCUT2D eigenvalue weighted by Crippen LogP contribution is 2.26. The molecule has 1 aliphatic heterocycles. The van der Waals surface area contributed by atoms with Crippen LogP contribution in [0.3, 0.4) is 0 Å². The number of sulfonamides is 1. The number of amides is 1. The first-order chi connectivity index (χ1) is 12.9. The molecule has 0 saturated carbocycles. The lowest BCUT2D eigenvalue weighted by Gasteiger charge is -2.30. The summed E-state index contributed by atoms with van der Waals surface area (Å²) in [5.41, 5.74) is 0.768. The van der Waals surface area contributed by atoms with E-state index in [9.17, 15) is 13.2 Å². The number of thioether (sulfide) groups is 1. The number of carbonyl (C=O) groups is 1. The second-order valence-electron chi connectivity index (χ2n) is 6.35. The molecule has 0 aromatic heterocycles. The van der Waals surface area contributed by atoms with Crippen molar-refractivity contribution < 1.29 is 13.2 Å². The van der Waals surface area contributed by atoms with Crippen LogP contribution in [0.4, 0.5) is 5.69 Å². The van der Waals surface area contributed by atoms with Crippen molar-refractivity contribution in [3.05, 3.63) is 52.1 Å². The first-order valence-corrected chi connectivity index (χ1v) is 12.3. The van der Waals surface area contributed by atoms with Gasteiger partial charge in [-0.3, -0.25) is 4.79 Å². The van der Waals surface area contributed by atoms with Gasteiger partial charge in [0.25, 0.3) is 0 Å². The van der Waals surface area contributed by atoms with Crippen molar-refractivity contribution in [2.24, 2.45) is 5.92 Å². The van der Waals surface area contributed by atoms with Crippen LogP contribution in [0.25, 0.3) is 0 Å². The Labute approximate surface area is 178 Å². The second kappa shape index (κ2) is 8.93. The summed E-state index contributed by atoms with van der Waals surface area (Å²) < 4.78 is 28.2. The number of nitrogens with zero attached hydrogens (tertiary/aromatic N) is 1. The summed E-state index contributed by atoms with van der Waals surface area (Å²) in [6.07, 6.45) is 3.01. The molecule has 0 unspecified atom stereocenters. The van der Waals surface area contributed by atoms with E-state index in [0.29, 0.717) is 30.8 Å². The quantitative estimate of drug-likeness (QED) is 0.481. The fourth-order valence-electron chi connectivity index (χ4n) is 3.03. The molecule has 1 fully saturated rings. The molecule has 0 radical (unpaired) electrons. The predicted octanol–water partition coefficient (Wildman–Crippen LogP) is 4.05. The molecule has 0 aliphatic carbocycles. The zero-order valence-corrected chi connectivity index (χ0v) is 18.7. The zero-order valence-electron chi connectivity index (χ0n) is 14.9. The fraction of sp³-hybridized carbons (Fsp3) is 0.316.